The minimum atomic E-state index is -0.132. The molecule has 0 bridgehead atoms. The number of ether oxygens (including phenoxy) is 1. The number of hydrogen-bond donors (Lipinski definition) is 1. The number of aryl methyl sites for hydroxylation is 1. The van der Waals surface area contributed by atoms with Crippen LogP contribution in [0, 0.1) is 6.92 Å². The molecule has 27 heavy (non-hydrogen) atoms. The van der Waals surface area contributed by atoms with Gasteiger partial charge >= 0.3 is 0 Å². The van der Waals surface area contributed by atoms with Crippen molar-refractivity contribution in [3.8, 4) is 11.3 Å². The molecule has 1 N–H and O–H groups in total. The summed E-state index contributed by atoms with van der Waals surface area (Å²) in [7, 11) is 0. The number of nitrogens with one attached hydrogen (secondary N) is 1. The second kappa shape index (κ2) is 7.55. The van der Waals surface area contributed by atoms with E-state index in [0.29, 0.717) is 30.3 Å². The van der Waals surface area contributed by atoms with E-state index in [2.05, 4.69) is 52.3 Å². The summed E-state index contributed by atoms with van der Waals surface area (Å²) in [5.41, 5.74) is 3.84. The van der Waals surface area contributed by atoms with E-state index in [1.165, 1.54) is 5.56 Å². The van der Waals surface area contributed by atoms with Gasteiger partial charge in [-0.3, -0.25) is 4.79 Å². The quantitative estimate of drug-likeness (QED) is 0.747. The summed E-state index contributed by atoms with van der Waals surface area (Å²) in [6.07, 6.45) is 1.96. The number of amides is 1. The molecule has 1 amide bonds. The Bertz CT molecular complexity index is 949. The van der Waals surface area contributed by atoms with E-state index in [1.807, 2.05) is 0 Å². The van der Waals surface area contributed by atoms with Gasteiger partial charge in [-0.1, -0.05) is 41.4 Å². The Morgan fingerprint density at radius 2 is 1.96 bits per heavy atom. The minimum absolute atomic E-state index is 0.0891. The molecular formula is C21H20ClN3O2. The monoisotopic (exact) mass is 381 g/mol. The molecule has 2 heterocycles. The molecule has 3 aromatic rings. The van der Waals surface area contributed by atoms with Crippen LogP contribution < -0.4 is 5.32 Å². The minimum Gasteiger partial charge on any atom is -0.367 e. The average Bonchev–Trinajstić information content (AvgIpc) is 3.10. The zero-order chi connectivity index (χ0) is 18.8. The van der Waals surface area contributed by atoms with E-state index in [0.717, 1.165) is 17.1 Å². The highest BCUT2D eigenvalue weighted by atomic mass is 35.5. The van der Waals surface area contributed by atoms with Crippen LogP contribution in [0.15, 0.2) is 54.7 Å². The summed E-state index contributed by atoms with van der Waals surface area (Å²) in [5, 5.41) is 3.53. The molecule has 1 aliphatic heterocycles. The Hall–Kier alpha value is -2.63. The van der Waals surface area contributed by atoms with Gasteiger partial charge < -0.3 is 14.6 Å². The number of aromatic nitrogens is 2. The molecule has 5 nitrogen and oxygen atoms in total. The van der Waals surface area contributed by atoms with E-state index in [1.54, 1.807) is 24.3 Å². The van der Waals surface area contributed by atoms with Crippen LogP contribution in [0.4, 0.5) is 0 Å². The lowest BCUT2D eigenvalue weighted by molar-refractivity contribution is 0.00327. The maximum atomic E-state index is 12.2. The second-order valence-corrected chi connectivity index (χ2v) is 7.15. The van der Waals surface area contributed by atoms with E-state index < -0.39 is 0 Å². The van der Waals surface area contributed by atoms with Crippen molar-refractivity contribution >= 4 is 17.5 Å². The van der Waals surface area contributed by atoms with Crippen molar-refractivity contribution in [1.82, 2.24) is 14.9 Å². The van der Waals surface area contributed by atoms with Gasteiger partial charge in [0.15, 0.2) is 0 Å². The molecule has 0 saturated carbocycles. The fraction of sp³-hybridized carbons (Fsp3) is 0.238. The summed E-state index contributed by atoms with van der Waals surface area (Å²) in [6.45, 7) is 3.61. The third kappa shape index (κ3) is 4.04. The van der Waals surface area contributed by atoms with Crippen molar-refractivity contribution in [2.75, 3.05) is 6.54 Å². The predicted octanol–water partition coefficient (Wildman–Crippen LogP) is 3.84. The van der Waals surface area contributed by atoms with Crippen LogP contribution in [0.2, 0.25) is 5.02 Å². The highest BCUT2D eigenvalue weighted by Gasteiger charge is 2.22. The number of hydrogen-bond acceptors (Lipinski definition) is 3. The second-order valence-electron chi connectivity index (χ2n) is 6.71. The van der Waals surface area contributed by atoms with Crippen molar-refractivity contribution in [2.45, 2.75) is 26.2 Å². The fourth-order valence-electron chi connectivity index (χ4n) is 3.09. The zero-order valence-electron chi connectivity index (χ0n) is 15.0. The maximum absolute atomic E-state index is 12.2. The molecule has 0 fully saturated rings. The summed E-state index contributed by atoms with van der Waals surface area (Å²) in [5.74, 6) is 0.776. The van der Waals surface area contributed by atoms with Crippen molar-refractivity contribution in [2.24, 2.45) is 0 Å². The maximum Gasteiger partial charge on any atom is 0.251 e. The van der Waals surface area contributed by atoms with E-state index in [4.69, 9.17) is 16.3 Å². The van der Waals surface area contributed by atoms with Gasteiger partial charge in [0, 0.05) is 28.9 Å². The molecule has 4 rings (SSSR count). The molecule has 2 aromatic carbocycles. The van der Waals surface area contributed by atoms with Gasteiger partial charge in [0.05, 0.1) is 18.3 Å². The lowest BCUT2D eigenvalue weighted by Crippen LogP contribution is -2.38. The van der Waals surface area contributed by atoms with Gasteiger partial charge in [-0.15, -0.1) is 0 Å². The molecule has 6 heteroatoms. The summed E-state index contributed by atoms with van der Waals surface area (Å²) < 4.78 is 7.97. The molecule has 1 aromatic heterocycles. The van der Waals surface area contributed by atoms with E-state index in [9.17, 15) is 4.79 Å². The van der Waals surface area contributed by atoms with E-state index in [-0.39, 0.29) is 12.0 Å². The number of rotatable bonds is 4. The van der Waals surface area contributed by atoms with Crippen LogP contribution in [0.1, 0.15) is 21.7 Å². The van der Waals surface area contributed by atoms with Crippen molar-refractivity contribution in [3.05, 3.63) is 76.7 Å². The van der Waals surface area contributed by atoms with Crippen LogP contribution in [0.5, 0.6) is 0 Å². The first kappa shape index (κ1) is 17.8. The standard InChI is InChI=1S/C21H20ClN3O2/c1-14-2-4-15(5-3-14)19-12-25-11-18(27-13-20(25)24-19)10-23-21(26)16-6-8-17(22)9-7-16/h2-9,12,18H,10-11,13H2,1H3,(H,23,26)/t18-/m0/s1. The third-order valence-electron chi connectivity index (χ3n) is 4.65. The molecular weight excluding hydrogens is 362 g/mol. The SMILES string of the molecule is Cc1ccc(-c2cn3c(n2)CO[C@@H](CNC(=O)c2ccc(Cl)cc2)C3)cc1. The molecule has 0 aliphatic carbocycles. The molecule has 138 valence electrons. The van der Waals surface area contributed by atoms with Gasteiger partial charge in [0.2, 0.25) is 0 Å². The summed E-state index contributed by atoms with van der Waals surface area (Å²) in [6, 6.07) is 15.2. The van der Waals surface area contributed by atoms with Crippen molar-refractivity contribution < 1.29 is 9.53 Å². The lowest BCUT2D eigenvalue weighted by Gasteiger charge is -2.24. The van der Waals surface area contributed by atoms with Gasteiger partial charge in [0.1, 0.15) is 12.4 Å². The first-order valence-corrected chi connectivity index (χ1v) is 9.25. The molecule has 1 atom stereocenters. The average molecular weight is 382 g/mol. The Morgan fingerprint density at radius 3 is 2.70 bits per heavy atom. The number of imidazole rings is 1. The smallest absolute Gasteiger partial charge is 0.251 e. The van der Waals surface area contributed by atoms with Gasteiger partial charge in [-0.25, -0.2) is 4.98 Å². The topological polar surface area (TPSA) is 56.1 Å². The van der Waals surface area contributed by atoms with Crippen LogP contribution in [0.25, 0.3) is 11.3 Å². The third-order valence-corrected chi connectivity index (χ3v) is 4.90. The molecule has 0 unspecified atom stereocenters. The lowest BCUT2D eigenvalue weighted by atomic mass is 10.1. The fourth-order valence-corrected chi connectivity index (χ4v) is 3.21. The molecule has 0 spiro atoms. The zero-order valence-corrected chi connectivity index (χ0v) is 15.7. The number of benzene rings is 2. The Balaban J connectivity index is 1.39. The Morgan fingerprint density at radius 1 is 1.22 bits per heavy atom. The first-order valence-electron chi connectivity index (χ1n) is 8.87. The molecule has 1 aliphatic rings. The number of carbonyl (C=O) groups excluding carboxylic acids is 1. The Labute approximate surface area is 162 Å². The Kier molecular flexibility index (Phi) is 4.97. The largest absolute Gasteiger partial charge is 0.367 e. The van der Waals surface area contributed by atoms with Crippen LogP contribution >= 0.6 is 11.6 Å². The highest BCUT2D eigenvalue weighted by Crippen LogP contribution is 2.22. The van der Waals surface area contributed by atoms with Crippen molar-refractivity contribution in [1.29, 1.82) is 0 Å². The van der Waals surface area contributed by atoms with E-state index >= 15 is 0 Å². The first-order chi connectivity index (χ1) is 13.1. The number of fused-ring (bicyclic) bond motifs is 1. The summed E-state index contributed by atoms with van der Waals surface area (Å²) in [4.78, 5) is 16.9. The molecule has 0 saturated heterocycles. The molecule has 0 radical (unpaired) electrons. The van der Waals surface area contributed by atoms with Crippen LogP contribution in [-0.4, -0.2) is 28.1 Å². The highest BCUT2D eigenvalue weighted by molar-refractivity contribution is 6.30. The number of halogens is 1. The van der Waals surface area contributed by atoms with Crippen LogP contribution in [0.3, 0.4) is 0 Å². The number of carbonyl (C=O) groups is 1. The normalized spacial score (nSPS) is 16.0. The number of nitrogens with zero attached hydrogens (tertiary/aromatic N) is 2. The van der Waals surface area contributed by atoms with Gasteiger partial charge in [-0.2, -0.15) is 0 Å². The van der Waals surface area contributed by atoms with Gasteiger partial charge in [0.25, 0.3) is 5.91 Å². The van der Waals surface area contributed by atoms with Crippen LogP contribution in [-0.2, 0) is 17.9 Å². The summed E-state index contributed by atoms with van der Waals surface area (Å²) >= 11 is 5.86. The van der Waals surface area contributed by atoms with Gasteiger partial charge in [-0.05, 0) is 31.2 Å². The van der Waals surface area contributed by atoms with Crippen molar-refractivity contribution in [3.63, 3.8) is 0 Å². The predicted molar refractivity (Wildman–Crippen MR) is 105 cm³/mol.